The van der Waals surface area contributed by atoms with Crippen LogP contribution in [0.4, 0.5) is 0 Å². The SMILES string of the molecule is Cc1ccc(C(=O)N2CC(C(=O)N3CCCC3)C(c3ccc(C)cc3)C2)cc1. The molecule has 2 saturated heterocycles. The summed E-state index contributed by atoms with van der Waals surface area (Å²) in [6.07, 6.45) is 2.17. The Morgan fingerprint density at radius 1 is 0.786 bits per heavy atom. The molecule has 2 aromatic carbocycles. The summed E-state index contributed by atoms with van der Waals surface area (Å²) in [7, 11) is 0. The van der Waals surface area contributed by atoms with Crippen LogP contribution in [0, 0.1) is 19.8 Å². The van der Waals surface area contributed by atoms with Gasteiger partial charge in [0.05, 0.1) is 5.92 Å². The zero-order valence-electron chi connectivity index (χ0n) is 16.7. The molecule has 2 aromatic rings. The Labute approximate surface area is 167 Å². The first-order valence-corrected chi connectivity index (χ1v) is 10.2. The van der Waals surface area contributed by atoms with Crippen LogP contribution in [-0.2, 0) is 4.79 Å². The molecular weight excluding hydrogens is 348 g/mol. The van der Waals surface area contributed by atoms with Crippen molar-refractivity contribution in [2.75, 3.05) is 26.2 Å². The molecule has 146 valence electrons. The van der Waals surface area contributed by atoms with Crippen molar-refractivity contribution in [3.63, 3.8) is 0 Å². The molecule has 2 atom stereocenters. The van der Waals surface area contributed by atoms with Crippen LogP contribution in [0.2, 0.25) is 0 Å². The largest absolute Gasteiger partial charge is 0.342 e. The molecule has 2 amide bonds. The first-order valence-electron chi connectivity index (χ1n) is 10.2. The van der Waals surface area contributed by atoms with Crippen molar-refractivity contribution >= 4 is 11.8 Å². The highest BCUT2D eigenvalue weighted by molar-refractivity contribution is 5.95. The highest BCUT2D eigenvalue weighted by Gasteiger charge is 2.42. The molecule has 0 bridgehead atoms. The van der Waals surface area contributed by atoms with Crippen LogP contribution in [0.15, 0.2) is 48.5 Å². The monoisotopic (exact) mass is 376 g/mol. The number of hydrogen-bond donors (Lipinski definition) is 0. The van der Waals surface area contributed by atoms with E-state index in [0.29, 0.717) is 18.7 Å². The van der Waals surface area contributed by atoms with Crippen molar-refractivity contribution in [3.05, 3.63) is 70.8 Å². The van der Waals surface area contributed by atoms with Crippen LogP contribution >= 0.6 is 0 Å². The predicted molar refractivity (Wildman–Crippen MR) is 110 cm³/mol. The summed E-state index contributed by atoms with van der Waals surface area (Å²) in [5.74, 6) is 0.134. The lowest BCUT2D eigenvalue weighted by molar-refractivity contribution is -0.134. The van der Waals surface area contributed by atoms with Crippen LogP contribution in [0.5, 0.6) is 0 Å². The van der Waals surface area contributed by atoms with Gasteiger partial charge in [0.2, 0.25) is 5.91 Å². The molecule has 2 heterocycles. The summed E-state index contributed by atoms with van der Waals surface area (Å²) in [5.41, 5.74) is 4.19. The second-order valence-corrected chi connectivity index (χ2v) is 8.23. The molecule has 0 saturated carbocycles. The molecule has 0 aromatic heterocycles. The van der Waals surface area contributed by atoms with E-state index >= 15 is 0 Å². The highest BCUT2D eigenvalue weighted by Crippen LogP contribution is 2.35. The number of carbonyl (C=O) groups excluding carboxylic acids is 2. The van der Waals surface area contributed by atoms with Gasteiger partial charge in [-0.15, -0.1) is 0 Å². The third kappa shape index (κ3) is 3.68. The van der Waals surface area contributed by atoms with Crippen molar-refractivity contribution < 1.29 is 9.59 Å². The normalized spacial score (nSPS) is 21.9. The van der Waals surface area contributed by atoms with Crippen molar-refractivity contribution in [1.29, 1.82) is 0 Å². The Kier molecular flexibility index (Phi) is 5.21. The molecule has 28 heavy (non-hydrogen) atoms. The average molecular weight is 377 g/mol. The second-order valence-electron chi connectivity index (χ2n) is 8.23. The maximum absolute atomic E-state index is 13.2. The molecule has 0 spiro atoms. The van der Waals surface area contributed by atoms with Gasteiger partial charge < -0.3 is 9.80 Å². The van der Waals surface area contributed by atoms with Gasteiger partial charge in [-0.3, -0.25) is 9.59 Å². The van der Waals surface area contributed by atoms with Crippen molar-refractivity contribution in [2.45, 2.75) is 32.6 Å². The Morgan fingerprint density at radius 2 is 1.36 bits per heavy atom. The molecular formula is C24H28N2O2. The van der Waals surface area contributed by atoms with Crippen molar-refractivity contribution in [2.24, 2.45) is 5.92 Å². The minimum absolute atomic E-state index is 0.0221. The molecule has 2 aliphatic rings. The first kappa shape index (κ1) is 18.7. The fourth-order valence-corrected chi connectivity index (χ4v) is 4.42. The van der Waals surface area contributed by atoms with E-state index in [1.807, 2.05) is 41.0 Å². The van der Waals surface area contributed by atoms with Crippen molar-refractivity contribution in [3.8, 4) is 0 Å². The molecule has 2 unspecified atom stereocenters. The molecule has 4 heteroatoms. The van der Waals surface area contributed by atoms with Crippen LogP contribution in [0.3, 0.4) is 0 Å². The lowest BCUT2D eigenvalue weighted by Crippen LogP contribution is -2.37. The van der Waals surface area contributed by atoms with E-state index in [0.717, 1.165) is 37.1 Å². The summed E-state index contributed by atoms with van der Waals surface area (Å²) < 4.78 is 0. The summed E-state index contributed by atoms with van der Waals surface area (Å²) in [4.78, 5) is 30.2. The van der Waals surface area contributed by atoms with Crippen LogP contribution in [0.25, 0.3) is 0 Å². The first-order chi connectivity index (χ1) is 13.5. The number of nitrogens with zero attached hydrogens (tertiary/aromatic N) is 2. The van der Waals surface area contributed by atoms with E-state index in [2.05, 4.69) is 31.2 Å². The average Bonchev–Trinajstić information content (AvgIpc) is 3.38. The minimum atomic E-state index is -0.157. The van der Waals surface area contributed by atoms with Gasteiger partial charge in [0.15, 0.2) is 0 Å². The summed E-state index contributed by atoms with van der Waals surface area (Å²) in [6.45, 7) is 6.88. The predicted octanol–water partition coefficient (Wildman–Crippen LogP) is 3.78. The smallest absolute Gasteiger partial charge is 0.253 e. The lowest BCUT2D eigenvalue weighted by atomic mass is 9.87. The van der Waals surface area contributed by atoms with Crippen LogP contribution in [0.1, 0.15) is 45.8 Å². The topological polar surface area (TPSA) is 40.6 Å². The fraction of sp³-hybridized carbons (Fsp3) is 0.417. The zero-order valence-corrected chi connectivity index (χ0v) is 16.7. The number of aryl methyl sites for hydroxylation is 2. The minimum Gasteiger partial charge on any atom is -0.342 e. The van der Waals surface area contributed by atoms with E-state index in [1.165, 1.54) is 5.56 Å². The maximum atomic E-state index is 13.2. The molecule has 4 rings (SSSR count). The quantitative estimate of drug-likeness (QED) is 0.818. The second kappa shape index (κ2) is 7.78. The molecule has 0 aliphatic carbocycles. The fourth-order valence-electron chi connectivity index (χ4n) is 4.42. The summed E-state index contributed by atoms with van der Waals surface area (Å²) >= 11 is 0. The van der Waals surface area contributed by atoms with Gasteiger partial charge in [-0.05, 0) is 44.4 Å². The van der Waals surface area contributed by atoms with Gasteiger partial charge in [-0.25, -0.2) is 0 Å². The maximum Gasteiger partial charge on any atom is 0.253 e. The summed E-state index contributed by atoms with van der Waals surface area (Å²) in [6, 6.07) is 16.1. The van der Waals surface area contributed by atoms with E-state index in [9.17, 15) is 9.59 Å². The number of likely N-dealkylation sites (tertiary alicyclic amines) is 2. The number of rotatable bonds is 3. The van der Waals surface area contributed by atoms with E-state index in [1.54, 1.807) is 0 Å². The third-order valence-electron chi connectivity index (χ3n) is 6.15. The zero-order chi connectivity index (χ0) is 19.7. The van der Waals surface area contributed by atoms with Crippen molar-refractivity contribution in [1.82, 2.24) is 9.80 Å². The van der Waals surface area contributed by atoms with Gasteiger partial charge in [0.1, 0.15) is 0 Å². The Bertz CT molecular complexity index is 851. The molecule has 0 radical (unpaired) electrons. The van der Waals surface area contributed by atoms with Crippen LogP contribution in [-0.4, -0.2) is 47.8 Å². The third-order valence-corrected chi connectivity index (χ3v) is 6.15. The molecule has 2 fully saturated rings. The van der Waals surface area contributed by atoms with Gasteiger partial charge in [-0.1, -0.05) is 47.5 Å². The highest BCUT2D eigenvalue weighted by atomic mass is 16.2. The van der Waals surface area contributed by atoms with E-state index < -0.39 is 0 Å². The lowest BCUT2D eigenvalue weighted by Gasteiger charge is -2.24. The Morgan fingerprint density at radius 3 is 1.96 bits per heavy atom. The Hall–Kier alpha value is -2.62. The Balaban J connectivity index is 1.60. The van der Waals surface area contributed by atoms with Gasteiger partial charge in [-0.2, -0.15) is 0 Å². The number of amides is 2. The molecule has 2 aliphatic heterocycles. The van der Waals surface area contributed by atoms with Crippen LogP contribution < -0.4 is 0 Å². The number of carbonyl (C=O) groups is 2. The van der Waals surface area contributed by atoms with Gasteiger partial charge >= 0.3 is 0 Å². The number of benzene rings is 2. The van der Waals surface area contributed by atoms with Gasteiger partial charge in [0.25, 0.3) is 5.91 Å². The van der Waals surface area contributed by atoms with E-state index in [4.69, 9.17) is 0 Å². The standard InChI is InChI=1S/C24H28N2O2/c1-17-5-9-19(10-6-17)21-15-26(23(27)20-11-7-18(2)8-12-20)16-22(21)24(28)25-13-3-4-14-25/h5-12,21-22H,3-4,13-16H2,1-2H3. The van der Waals surface area contributed by atoms with E-state index in [-0.39, 0.29) is 23.7 Å². The summed E-state index contributed by atoms with van der Waals surface area (Å²) in [5, 5.41) is 0. The number of hydrogen-bond acceptors (Lipinski definition) is 2. The molecule has 4 nitrogen and oxygen atoms in total. The molecule has 0 N–H and O–H groups in total. The van der Waals surface area contributed by atoms with Gasteiger partial charge in [0, 0.05) is 37.7 Å².